The van der Waals surface area contributed by atoms with Crippen LogP contribution in [-0.4, -0.2) is 18.3 Å². The monoisotopic (exact) mass is 206 g/mol. The normalized spacial score (nSPS) is 15.3. The predicted molar refractivity (Wildman–Crippen MR) is 60.2 cm³/mol. The summed E-state index contributed by atoms with van der Waals surface area (Å²) in [6.45, 7) is 3.08. The van der Waals surface area contributed by atoms with Gasteiger partial charge in [-0.3, -0.25) is 0 Å². The molecule has 2 rings (SSSR count). The van der Waals surface area contributed by atoms with E-state index in [0.717, 1.165) is 23.8 Å². The molecule has 15 heavy (non-hydrogen) atoms. The number of benzene rings is 1. The minimum absolute atomic E-state index is 0.184. The number of rotatable bonds is 5. The highest BCUT2D eigenvalue weighted by Crippen LogP contribution is 2.30. The SMILES string of the molecule is Cc1ccc(OCC2CC2)c(CCO)c1. The van der Waals surface area contributed by atoms with E-state index in [2.05, 4.69) is 19.1 Å². The third kappa shape index (κ3) is 2.96. The molecule has 0 bridgehead atoms. The van der Waals surface area contributed by atoms with E-state index in [-0.39, 0.29) is 6.61 Å². The third-order valence-corrected chi connectivity index (χ3v) is 2.77. The summed E-state index contributed by atoms with van der Waals surface area (Å²) in [5, 5.41) is 8.97. The lowest BCUT2D eigenvalue weighted by Crippen LogP contribution is -2.03. The first-order valence-electron chi connectivity index (χ1n) is 5.63. The molecule has 0 saturated heterocycles. The van der Waals surface area contributed by atoms with Crippen molar-refractivity contribution in [3.8, 4) is 5.75 Å². The Morgan fingerprint density at radius 2 is 2.20 bits per heavy atom. The van der Waals surface area contributed by atoms with Gasteiger partial charge in [0.2, 0.25) is 0 Å². The molecule has 1 saturated carbocycles. The van der Waals surface area contributed by atoms with Gasteiger partial charge in [-0.25, -0.2) is 0 Å². The molecule has 0 atom stereocenters. The van der Waals surface area contributed by atoms with Gasteiger partial charge < -0.3 is 9.84 Å². The molecule has 0 unspecified atom stereocenters. The smallest absolute Gasteiger partial charge is 0.122 e. The molecule has 0 aromatic heterocycles. The topological polar surface area (TPSA) is 29.5 Å². The molecular weight excluding hydrogens is 188 g/mol. The van der Waals surface area contributed by atoms with Gasteiger partial charge in [0.25, 0.3) is 0 Å². The maximum Gasteiger partial charge on any atom is 0.122 e. The van der Waals surface area contributed by atoms with Gasteiger partial charge in [0.15, 0.2) is 0 Å². The van der Waals surface area contributed by atoms with Gasteiger partial charge in [0.1, 0.15) is 5.75 Å². The minimum Gasteiger partial charge on any atom is -0.493 e. The molecule has 1 aliphatic carbocycles. The van der Waals surface area contributed by atoms with Gasteiger partial charge >= 0.3 is 0 Å². The first-order chi connectivity index (χ1) is 7.29. The summed E-state index contributed by atoms with van der Waals surface area (Å²) < 4.78 is 5.76. The third-order valence-electron chi connectivity index (χ3n) is 2.77. The zero-order chi connectivity index (χ0) is 10.7. The van der Waals surface area contributed by atoms with Crippen molar-refractivity contribution in [3.63, 3.8) is 0 Å². The van der Waals surface area contributed by atoms with Crippen LogP contribution >= 0.6 is 0 Å². The van der Waals surface area contributed by atoms with Crippen LogP contribution in [0.2, 0.25) is 0 Å². The molecule has 0 spiro atoms. The molecule has 1 N–H and O–H groups in total. The molecule has 2 nitrogen and oxygen atoms in total. The number of aryl methyl sites for hydroxylation is 1. The second-order valence-electron chi connectivity index (χ2n) is 4.34. The van der Waals surface area contributed by atoms with Crippen LogP contribution in [0, 0.1) is 12.8 Å². The van der Waals surface area contributed by atoms with Crippen LogP contribution in [0.15, 0.2) is 18.2 Å². The van der Waals surface area contributed by atoms with Crippen LogP contribution < -0.4 is 4.74 Å². The Kier molecular flexibility index (Phi) is 3.27. The number of hydrogen-bond acceptors (Lipinski definition) is 2. The molecule has 0 heterocycles. The average molecular weight is 206 g/mol. The Balaban J connectivity index is 2.04. The second kappa shape index (κ2) is 4.67. The van der Waals surface area contributed by atoms with Crippen LogP contribution in [0.3, 0.4) is 0 Å². The van der Waals surface area contributed by atoms with Crippen LogP contribution in [0.25, 0.3) is 0 Å². The van der Waals surface area contributed by atoms with Crippen molar-refractivity contribution in [1.29, 1.82) is 0 Å². The summed E-state index contributed by atoms with van der Waals surface area (Å²) in [6.07, 6.45) is 3.30. The molecule has 0 radical (unpaired) electrons. The summed E-state index contributed by atoms with van der Waals surface area (Å²) in [6, 6.07) is 6.17. The lowest BCUT2D eigenvalue weighted by molar-refractivity contribution is 0.281. The molecule has 2 heteroatoms. The van der Waals surface area contributed by atoms with E-state index in [0.29, 0.717) is 6.42 Å². The van der Waals surface area contributed by atoms with Gasteiger partial charge in [-0.2, -0.15) is 0 Å². The Hall–Kier alpha value is -1.02. The van der Waals surface area contributed by atoms with Crippen molar-refractivity contribution in [2.45, 2.75) is 26.2 Å². The van der Waals surface area contributed by atoms with Crippen molar-refractivity contribution in [1.82, 2.24) is 0 Å². The van der Waals surface area contributed by atoms with Gasteiger partial charge in [-0.15, -0.1) is 0 Å². The van der Waals surface area contributed by atoms with Crippen molar-refractivity contribution in [3.05, 3.63) is 29.3 Å². The van der Waals surface area contributed by atoms with Crippen LogP contribution in [0.4, 0.5) is 0 Å². The lowest BCUT2D eigenvalue weighted by atomic mass is 10.1. The van der Waals surface area contributed by atoms with Crippen molar-refractivity contribution in [2.24, 2.45) is 5.92 Å². The van der Waals surface area contributed by atoms with Crippen molar-refractivity contribution in [2.75, 3.05) is 13.2 Å². The Morgan fingerprint density at radius 1 is 1.40 bits per heavy atom. The highest BCUT2D eigenvalue weighted by Gasteiger charge is 2.22. The summed E-state index contributed by atoms with van der Waals surface area (Å²) in [7, 11) is 0. The van der Waals surface area contributed by atoms with E-state index in [1.165, 1.54) is 18.4 Å². The summed E-state index contributed by atoms with van der Waals surface area (Å²) in [5.74, 6) is 1.72. The van der Waals surface area contributed by atoms with Crippen LogP contribution in [-0.2, 0) is 6.42 Å². The largest absolute Gasteiger partial charge is 0.493 e. The lowest BCUT2D eigenvalue weighted by Gasteiger charge is -2.11. The first-order valence-corrected chi connectivity index (χ1v) is 5.63. The number of hydrogen-bond donors (Lipinski definition) is 1. The molecule has 0 aliphatic heterocycles. The molecule has 1 aromatic carbocycles. The summed E-state index contributed by atoms with van der Waals surface area (Å²) >= 11 is 0. The van der Waals surface area contributed by atoms with Crippen molar-refractivity contribution < 1.29 is 9.84 Å². The van der Waals surface area contributed by atoms with Crippen LogP contribution in [0.1, 0.15) is 24.0 Å². The molecule has 82 valence electrons. The highest BCUT2D eigenvalue weighted by atomic mass is 16.5. The number of aliphatic hydroxyl groups excluding tert-OH is 1. The van der Waals surface area contributed by atoms with E-state index in [1.807, 2.05) is 6.07 Å². The fourth-order valence-corrected chi connectivity index (χ4v) is 1.66. The van der Waals surface area contributed by atoms with Gasteiger partial charge in [0, 0.05) is 6.61 Å². The zero-order valence-electron chi connectivity index (χ0n) is 9.20. The fourth-order valence-electron chi connectivity index (χ4n) is 1.66. The fraction of sp³-hybridized carbons (Fsp3) is 0.538. The van der Waals surface area contributed by atoms with Gasteiger partial charge in [-0.05, 0) is 43.7 Å². The second-order valence-corrected chi connectivity index (χ2v) is 4.34. The molecule has 1 aromatic rings. The zero-order valence-corrected chi connectivity index (χ0v) is 9.20. The van der Waals surface area contributed by atoms with Crippen molar-refractivity contribution >= 4 is 0 Å². The van der Waals surface area contributed by atoms with Gasteiger partial charge in [0.05, 0.1) is 6.61 Å². The van der Waals surface area contributed by atoms with Crippen LogP contribution in [0.5, 0.6) is 5.75 Å². The van der Waals surface area contributed by atoms with E-state index < -0.39 is 0 Å². The quantitative estimate of drug-likeness (QED) is 0.801. The predicted octanol–water partition coefficient (Wildman–Crippen LogP) is 2.32. The summed E-state index contributed by atoms with van der Waals surface area (Å²) in [5.41, 5.74) is 2.34. The standard InChI is InChI=1S/C13H18O2/c1-10-2-5-13(12(8-10)6-7-14)15-9-11-3-4-11/h2,5,8,11,14H,3-4,6-7,9H2,1H3. The minimum atomic E-state index is 0.184. The van der Waals surface area contributed by atoms with E-state index in [4.69, 9.17) is 9.84 Å². The van der Waals surface area contributed by atoms with E-state index >= 15 is 0 Å². The maximum atomic E-state index is 8.97. The Morgan fingerprint density at radius 3 is 2.87 bits per heavy atom. The van der Waals surface area contributed by atoms with Gasteiger partial charge in [-0.1, -0.05) is 17.7 Å². The highest BCUT2D eigenvalue weighted by molar-refractivity contribution is 5.37. The first kappa shape index (κ1) is 10.5. The molecule has 1 fully saturated rings. The van der Waals surface area contributed by atoms with E-state index in [9.17, 15) is 0 Å². The number of ether oxygens (including phenoxy) is 1. The Labute approximate surface area is 90.9 Å². The maximum absolute atomic E-state index is 8.97. The van der Waals surface area contributed by atoms with E-state index in [1.54, 1.807) is 0 Å². The molecular formula is C13H18O2. The molecule has 0 amide bonds. The molecule has 1 aliphatic rings. The average Bonchev–Trinajstić information content (AvgIpc) is 3.01. The number of aliphatic hydroxyl groups is 1. The summed E-state index contributed by atoms with van der Waals surface area (Å²) in [4.78, 5) is 0. The Bertz CT molecular complexity index is 329.